The van der Waals surface area contributed by atoms with E-state index in [1.165, 1.54) is 0 Å². The summed E-state index contributed by atoms with van der Waals surface area (Å²) in [5, 5.41) is 6.86. The van der Waals surface area contributed by atoms with Gasteiger partial charge in [0.1, 0.15) is 12.1 Å². The molecular formula is C14H22N4O2. The highest BCUT2D eigenvalue weighted by Crippen LogP contribution is 2.20. The molecule has 0 saturated carbocycles. The Bertz CT molecular complexity index is 509. The summed E-state index contributed by atoms with van der Waals surface area (Å²) in [6.45, 7) is 6.26. The first-order chi connectivity index (χ1) is 9.38. The van der Waals surface area contributed by atoms with E-state index >= 15 is 0 Å². The molecule has 1 aromatic heterocycles. The Labute approximate surface area is 119 Å². The summed E-state index contributed by atoms with van der Waals surface area (Å²) >= 11 is 0. The van der Waals surface area contributed by atoms with Crippen molar-refractivity contribution in [3.63, 3.8) is 0 Å². The molecule has 0 spiro atoms. The van der Waals surface area contributed by atoms with Gasteiger partial charge in [0.2, 0.25) is 11.8 Å². The van der Waals surface area contributed by atoms with E-state index in [1.807, 2.05) is 13.2 Å². The highest BCUT2D eigenvalue weighted by Gasteiger charge is 2.38. The van der Waals surface area contributed by atoms with Crippen LogP contribution in [0.2, 0.25) is 0 Å². The molecule has 0 aliphatic carbocycles. The van der Waals surface area contributed by atoms with E-state index in [9.17, 15) is 9.59 Å². The molecule has 1 saturated heterocycles. The number of nitrogens with zero attached hydrogens (tertiary/aromatic N) is 3. The van der Waals surface area contributed by atoms with Crippen LogP contribution in [0.15, 0.2) is 12.4 Å². The maximum atomic E-state index is 12.4. The van der Waals surface area contributed by atoms with Gasteiger partial charge in [-0.2, -0.15) is 5.10 Å². The van der Waals surface area contributed by atoms with Crippen LogP contribution in [0.1, 0.15) is 32.8 Å². The highest BCUT2D eigenvalue weighted by molar-refractivity contribution is 5.96. The molecule has 1 aliphatic rings. The fourth-order valence-electron chi connectivity index (χ4n) is 2.53. The number of nitrogens with one attached hydrogen (secondary N) is 1. The van der Waals surface area contributed by atoms with Gasteiger partial charge in [0.25, 0.3) is 0 Å². The number of amides is 2. The molecule has 2 rings (SSSR count). The highest BCUT2D eigenvalue weighted by atomic mass is 16.2. The van der Waals surface area contributed by atoms with Crippen molar-refractivity contribution in [3.05, 3.63) is 18.0 Å². The molecule has 6 nitrogen and oxygen atoms in total. The van der Waals surface area contributed by atoms with Crippen molar-refractivity contribution >= 4 is 11.8 Å². The van der Waals surface area contributed by atoms with Crippen LogP contribution in [0.25, 0.3) is 0 Å². The van der Waals surface area contributed by atoms with E-state index in [4.69, 9.17) is 0 Å². The van der Waals surface area contributed by atoms with Crippen molar-refractivity contribution < 1.29 is 9.59 Å². The number of carbonyl (C=O) groups is 2. The standard InChI is InChI=1S/C14H22N4O2/c1-9(2)5-12-13(19)16-10(3)14(20)18(12)8-11-6-15-17(4)7-11/h6-7,9-10,12H,5,8H2,1-4H3,(H,16,19). The van der Waals surface area contributed by atoms with E-state index in [-0.39, 0.29) is 17.9 Å². The molecule has 110 valence electrons. The molecule has 1 aromatic rings. The predicted molar refractivity (Wildman–Crippen MR) is 74.6 cm³/mol. The number of aromatic nitrogens is 2. The van der Waals surface area contributed by atoms with Crippen LogP contribution in [-0.4, -0.2) is 38.6 Å². The summed E-state index contributed by atoms with van der Waals surface area (Å²) in [5.74, 6) is 0.261. The number of hydrogen-bond acceptors (Lipinski definition) is 3. The molecular weight excluding hydrogens is 256 g/mol. The van der Waals surface area contributed by atoms with Gasteiger partial charge < -0.3 is 10.2 Å². The fourth-order valence-corrected chi connectivity index (χ4v) is 2.53. The minimum absolute atomic E-state index is 0.0286. The first-order valence-electron chi connectivity index (χ1n) is 6.97. The summed E-state index contributed by atoms with van der Waals surface area (Å²) in [4.78, 5) is 26.2. The van der Waals surface area contributed by atoms with Crippen molar-refractivity contribution in [3.8, 4) is 0 Å². The molecule has 2 atom stereocenters. The lowest BCUT2D eigenvalue weighted by molar-refractivity contribution is -0.150. The Kier molecular flexibility index (Phi) is 4.11. The van der Waals surface area contributed by atoms with Crippen molar-refractivity contribution in [1.29, 1.82) is 0 Å². The summed E-state index contributed by atoms with van der Waals surface area (Å²) in [7, 11) is 1.84. The molecule has 20 heavy (non-hydrogen) atoms. The topological polar surface area (TPSA) is 67.2 Å². The average Bonchev–Trinajstić information content (AvgIpc) is 2.76. The Morgan fingerprint density at radius 1 is 1.40 bits per heavy atom. The van der Waals surface area contributed by atoms with Crippen LogP contribution in [0.5, 0.6) is 0 Å². The van der Waals surface area contributed by atoms with E-state index in [2.05, 4.69) is 24.3 Å². The Balaban J connectivity index is 2.22. The lowest BCUT2D eigenvalue weighted by Crippen LogP contribution is -2.62. The van der Waals surface area contributed by atoms with Crippen molar-refractivity contribution in [1.82, 2.24) is 20.0 Å². The average molecular weight is 278 g/mol. The zero-order chi connectivity index (χ0) is 14.9. The third-order valence-corrected chi connectivity index (χ3v) is 3.50. The Morgan fingerprint density at radius 2 is 2.10 bits per heavy atom. The molecule has 0 radical (unpaired) electrons. The molecule has 0 bridgehead atoms. The molecule has 6 heteroatoms. The van der Waals surface area contributed by atoms with Crippen LogP contribution in [-0.2, 0) is 23.2 Å². The molecule has 1 aliphatic heterocycles. The zero-order valence-corrected chi connectivity index (χ0v) is 12.5. The molecule has 1 N–H and O–H groups in total. The first kappa shape index (κ1) is 14.6. The quantitative estimate of drug-likeness (QED) is 0.881. The van der Waals surface area contributed by atoms with Gasteiger partial charge >= 0.3 is 0 Å². The third-order valence-electron chi connectivity index (χ3n) is 3.50. The van der Waals surface area contributed by atoms with E-state index in [0.717, 1.165) is 5.56 Å². The zero-order valence-electron chi connectivity index (χ0n) is 12.5. The van der Waals surface area contributed by atoms with Gasteiger partial charge in [0.05, 0.1) is 6.20 Å². The lowest BCUT2D eigenvalue weighted by atomic mass is 9.98. The van der Waals surface area contributed by atoms with Gasteiger partial charge in [-0.25, -0.2) is 0 Å². The number of hydrogen-bond donors (Lipinski definition) is 1. The minimum Gasteiger partial charge on any atom is -0.343 e. The van der Waals surface area contributed by atoms with Gasteiger partial charge in [-0.15, -0.1) is 0 Å². The van der Waals surface area contributed by atoms with E-state index in [0.29, 0.717) is 18.9 Å². The van der Waals surface area contributed by atoms with Crippen LogP contribution in [0, 0.1) is 5.92 Å². The monoisotopic (exact) mass is 278 g/mol. The molecule has 1 fully saturated rings. The number of rotatable bonds is 4. The van der Waals surface area contributed by atoms with Crippen molar-refractivity contribution in [2.75, 3.05) is 0 Å². The van der Waals surface area contributed by atoms with Crippen molar-refractivity contribution in [2.45, 2.75) is 45.8 Å². The SMILES string of the molecule is CC(C)CC1C(=O)NC(C)C(=O)N1Cc1cnn(C)c1. The molecule has 2 unspecified atom stereocenters. The predicted octanol–water partition coefficient (Wildman–Crippen LogP) is 0.682. The smallest absolute Gasteiger partial charge is 0.245 e. The number of aryl methyl sites for hydroxylation is 1. The first-order valence-corrected chi connectivity index (χ1v) is 6.97. The summed E-state index contributed by atoms with van der Waals surface area (Å²) in [6.07, 6.45) is 4.28. The number of carbonyl (C=O) groups excluding carboxylic acids is 2. The molecule has 2 heterocycles. The van der Waals surface area contributed by atoms with Gasteiger partial charge in [-0.1, -0.05) is 13.8 Å². The second-order valence-corrected chi connectivity index (χ2v) is 5.86. The second kappa shape index (κ2) is 5.64. The summed E-state index contributed by atoms with van der Waals surface area (Å²) in [6, 6.07) is -0.846. The van der Waals surface area contributed by atoms with E-state index in [1.54, 1.807) is 22.7 Å². The normalized spacial score (nSPS) is 23.4. The van der Waals surface area contributed by atoms with E-state index < -0.39 is 6.04 Å². The lowest BCUT2D eigenvalue weighted by Gasteiger charge is -2.38. The van der Waals surface area contributed by atoms with Crippen LogP contribution < -0.4 is 5.32 Å². The summed E-state index contributed by atoms with van der Waals surface area (Å²) in [5.41, 5.74) is 0.941. The second-order valence-electron chi connectivity index (χ2n) is 5.86. The minimum atomic E-state index is -0.456. The van der Waals surface area contributed by atoms with Crippen LogP contribution in [0.4, 0.5) is 0 Å². The van der Waals surface area contributed by atoms with Gasteiger partial charge in [0.15, 0.2) is 0 Å². The van der Waals surface area contributed by atoms with Crippen LogP contribution in [0.3, 0.4) is 0 Å². The maximum Gasteiger partial charge on any atom is 0.245 e. The molecule has 0 aromatic carbocycles. The largest absolute Gasteiger partial charge is 0.343 e. The van der Waals surface area contributed by atoms with Gasteiger partial charge in [0, 0.05) is 25.4 Å². The van der Waals surface area contributed by atoms with Gasteiger partial charge in [-0.3, -0.25) is 14.3 Å². The Hall–Kier alpha value is -1.85. The van der Waals surface area contributed by atoms with Crippen LogP contribution >= 0.6 is 0 Å². The number of piperazine rings is 1. The van der Waals surface area contributed by atoms with Gasteiger partial charge in [-0.05, 0) is 19.3 Å². The Morgan fingerprint density at radius 3 is 2.65 bits per heavy atom. The third kappa shape index (κ3) is 3.00. The maximum absolute atomic E-state index is 12.4. The summed E-state index contributed by atoms with van der Waals surface area (Å²) < 4.78 is 1.70. The van der Waals surface area contributed by atoms with Crippen molar-refractivity contribution in [2.24, 2.45) is 13.0 Å². The molecule has 2 amide bonds. The fraction of sp³-hybridized carbons (Fsp3) is 0.643.